The Bertz CT molecular complexity index is 6420. The Hall–Kier alpha value is -12.1. The quantitative estimate of drug-likeness (QED) is 0.120. The molecule has 0 radical (unpaired) electrons. The summed E-state index contributed by atoms with van der Waals surface area (Å²) in [5.41, 5.74) is 15.8. The molecule has 0 unspecified atom stereocenters. The fraction of sp³-hybridized carbons (Fsp3) is 0. The van der Waals surface area contributed by atoms with Gasteiger partial charge >= 0.3 is 0 Å². The van der Waals surface area contributed by atoms with E-state index >= 15 is 0 Å². The maximum absolute atomic E-state index is 7.48. The summed E-state index contributed by atoms with van der Waals surface area (Å²) in [4.78, 5) is 11.7. The molecule has 94 heavy (non-hydrogen) atoms. The number of hydrogen-bond acceptors (Lipinski definition) is 3. The number of benzene rings is 16. The van der Waals surface area contributed by atoms with Crippen LogP contribution in [0.3, 0.4) is 0 Å². The molecule has 0 N–H and O–H groups in total. The molecule has 0 saturated heterocycles. The van der Waals surface area contributed by atoms with Crippen molar-refractivity contribution in [1.29, 1.82) is 0 Å². The minimum atomic E-state index is 0.681. The maximum Gasteiger partial charge on any atom is 0.187 e. The van der Waals surface area contributed by atoms with Crippen molar-refractivity contribution in [3.05, 3.63) is 332 Å². The first-order chi connectivity index (χ1) is 46.5. The van der Waals surface area contributed by atoms with Gasteiger partial charge in [0.25, 0.3) is 0 Å². The number of thiophene rings is 2. The van der Waals surface area contributed by atoms with Crippen LogP contribution in [-0.2, 0) is 0 Å². The van der Waals surface area contributed by atoms with Gasteiger partial charge in [0.15, 0.2) is 11.4 Å². The van der Waals surface area contributed by atoms with Crippen LogP contribution in [0.5, 0.6) is 0 Å². The van der Waals surface area contributed by atoms with Gasteiger partial charge in [-0.15, -0.1) is 22.7 Å². The Balaban J connectivity index is 0.000000138. The zero-order chi connectivity index (χ0) is 62.4. The van der Waals surface area contributed by atoms with E-state index in [9.17, 15) is 0 Å². The SMILES string of the molecule is [C-]#[N+]c1ccc2sc3ccc(-c4ccc(-c5cc6c7ccccc7c(-c7cccc8ccccc78)cc6c6ccccc56)cc4)cc3c2c1.[C-]#[N+]c1ccc2sc3ccc(-c4ccc(-c5cc6c7ccccc7c(-c7cccnc7)cc6c6ccccc56)cc4)cc3c2c1. The van der Waals surface area contributed by atoms with Gasteiger partial charge in [-0.05, 0) is 225 Å². The molecule has 3 heterocycles. The second-order valence-electron chi connectivity index (χ2n) is 24.2. The minimum Gasteiger partial charge on any atom is -0.264 e. The third-order valence-corrected chi connectivity index (χ3v) is 21.3. The van der Waals surface area contributed by atoms with E-state index in [-0.39, 0.29) is 0 Å². The summed E-state index contributed by atoms with van der Waals surface area (Å²) < 4.78 is 4.92. The summed E-state index contributed by atoms with van der Waals surface area (Å²) in [5, 5.41) is 22.3. The van der Waals surface area contributed by atoms with Crippen molar-refractivity contribution in [2.24, 2.45) is 0 Å². The summed E-state index contributed by atoms with van der Waals surface area (Å²) in [6.45, 7) is 14.9. The molecule has 0 bridgehead atoms. The molecule has 16 aromatic carbocycles. The lowest BCUT2D eigenvalue weighted by atomic mass is 9.86. The first kappa shape index (κ1) is 54.8. The van der Waals surface area contributed by atoms with Gasteiger partial charge in [0, 0.05) is 36.8 Å². The molecule has 0 aliphatic rings. The Kier molecular flexibility index (Phi) is 13.1. The molecule has 0 atom stereocenters. The van der Waals surface area contributed by atoms with E-state index in [4.69, 9.17) is 13.1 Å². The molecule has 0 fully saturated rings. The highest BCUT2D eigenvalue weighted by atomic mass is 32.1. The predicted molar refractivity (Wildman–Crippen MR) is 404 cm³/mol. The van der Waals surface area contributed by atoms with Gasteiger partial charge in [-0.1, -0.05) is 231 Å². The Morgan fingerprint density at radius 3 is 1.01 bits per heavy atom. The fourth-order valence-corrected chi connectivity index (χ4v) is 16.7. The zero-order valence-electron chi connectivity index (χ0n) is 50.6. The fourth-order valence-electron chi connectivity index (χ4n) is 14.5. The summed E-state index contributed by atoms with van der Waals surface area (Å²) in [6.07, 6.45) is 3.78. The van der Waals surface area contributed by atoms with Crippen LogP contribution < -0.4 is 0 Å². The first-order valence-electron chi connectivity index (χ1n) is 31.5. The number of hydrogen-bond donors (Lipinski definition) is 0. The van der Waals surface area contributed by atoms with Crippen LogP contribution in [0.4, 0.5) is 11.4 Å². The largest absolute Gasteiger partial charge is 0.264 e. The highest BCUT2D eigenvalue weighted by molar-refractivity contribution is 7.26. The monoisotopic (exact) mass is 1230 g/mol. The number of pyridine rings is 1. The molecule has 3 aromatic heterocycles. The van der Waals surface area contributed by atoms with E-state index < -0.39 is 0 Å². The minimum absolute atomic E-state index is 0.681. The highest BCUT2D eigenvalue weighted by Crippen LogP contribution is 2.47. The molecule has 0 aliphatic carbocycles. The summed E-state index contributed by atoms with van der Waals surface area (Å²) >= 11 is 3.56. The third-order valence-electron chi connectivity index (χ3n) is 19.0. The summed E-state index contributed by atoms with van der Waals surface area (Å²) in [7, 11) is 0. The normalized spacial score (nSPS) is 11.6. The van der Waals surface area contributed by atoms with E-state index in [0.29, 0.717) is 11.4 Å². The highest BCUT2D eigenvalue weighted by Gasteiger charge is 2.19. The van der Waals surface area contributed by atoms with Crippen molar-refractivity contribution < 1.29 is 0 Å². The third kappa shape index (κ3) is 9.17. The molecule has 3 nitrogen and oxygen atoms in total. The Morgan fingerprint density at radius 2 is 0.574 bits per heavy atom. The number of fused-ring (bicyclic) bond motifs is 17. The smallest absolute Gasteiger partial charge is 0.187 e. The molecule has 0 spiro atoms. The van der Waals surface area contributed by atoms with Gasteiger partial charge in [0.1, 0.15) is 0 Å². The lowest BCUT2D eigenvalue weighted by molar-refractivity contribution is 1.33. The van der Waals surface area contributed by atoms with Crippen LogP contribution in [-0.4, -0.2) is 4.98 Å². The molecular weight excluding hydrogens is 1180 g/mol. The summed E-state index contributed by atoms with van der Waals surface area (Å²) in [6, 6.07) is 108. The van der Waals surface area contributed by atoms with E-state index in [1.54, 1.807) is 22.7 Å². The average molecular weight is 1230 g/mol. The number of aromatic nitrogens is 1. The van der Waals surface area contributed by atoms with Gasteiger partial charge in [0.05, 0.1) is 13.1 Å². The van der Waals surface area contributed by atoms with Crippen molar-refractivity contribution in [3.8, 4) is 66.8 Å². The van der Waals surface area contributed by atoms with E-state index in [2.05, 4.69) is 282 Å². The van der Waals surface area contributed by atoms with Crippen LogP contribution in [0, 0.1) is 13.1 Å². The first-order valence-corrected chi connectivity index (χ1v) is 33.1. The molecule has 434 valence electrons. The predicted octanol–water partition coefficient (Wildman–Crippen LogP) is 26.7. The van der Waals surface area contributed by atoms with Crippen LogP contribution in [0.25, 0.3) is 192 Å². The van der Waals surface area contributed by atoms with Crippen molar-refractivity contribution in [1.82, 2.24) is 4.98 Å². The lowest BCUT2D eigenvalue weighted by Gasteiger charge is -2.17. The second-order valence-corrected chi connectivity index (χ2v) is 26.4. The molecule has 0 amide bonds. The van der Waals surface area contributed by atoms with Crippen LogP contribution >= 0.6 is 22.7 Å². The van der Waals surface area contributed by atoms with E-state index in [0.717, 1.165) is 16.3 Å². The number of nitrogens with zero attached hydrogens (tertiary/aromatic N) is 3. The molecule has 19 aromatic rings. The Morgan fingerprint density at radius 1 is 0.223 bits per heavy atom. The topological polar surface area (TPSA) is 21.6 Å². The molecular formula is C89H51N3S2. The van der Waals surface area contributed by atoms with Crippen LogP contribution in [0.1, 0.15) is 0 Å². The van der Waals surface area contributed by atoms with Crippen LogP contribution in [0.15, 0.2) is 310 Å². The molecule has 19 rings (SSSR count). The number of rotatable bonds is 6. The van der Waals surface area contributed by atoms with Crippen molar-refractivity contribution in [2.45, 2.75) is 0 Å². The van der Waals surface area contributed by atoms with Crippen molar-refractivity contribution in [3.63, 3.8) is 0 Å². The zero-order valence-corrected chi connectivity index (χ0v) is 52.2. The lowest BCUT2D eigenvalue weighted by Crippen LogP contribution is -1.90. The standard InChI is InChI=1S/C47H27NS.C42H24N2S/c1-48-33-22-24-47-45(26-33)44-25-32(21-23-46(44)49-47)29-17-19-31(20-18-29)40-27-42-39-15-7-6-14-38(39)41(28-43(42)37-13-5-4-12-36(37)40)35-16-8-10-30-9-2-3-11-34(30)35;1-43-30-17-19-42-40(22-30)39-21-28(16-18-41(39)45-42)26-12-14-27(15-13-26)35-23-37-34-11-5-3-9-32(34)36(29-7-6-20-44-25-29)24-38(37)33-10-4-2-8-31(33)35/h2-28H;2-25H. The molecule has 5 heteroatoms. The van der Waals surface area contributed by atoms with Crippen molar-refractivity contribution >= 4 is 150 Å². The van der Waals surface area contributed by atoms with Gasteiger partial charge < -0.3 is 0 Å². The van der Waals surface area contributed by atoms with Gasteiger partial charge in [-0.25, -0.2) is 9.69 Å². The van der Waals surface area contributed by atoms with Gasteiger partial charge in [0.2, 0.25) is 0 Å². The second kappa shape index (κ2) is 22.4. The van der Waals surface area contributed by atoms with Gasteiger partial charge in [-0.2, -0.15) is 0 Å². The van der Waals surface area contributed by atoms with E-state index in [1.165, 1.54) is 166 Å². The summed E-state index contributed by atoms with van der Waals surface area (Å²) in [5.74, 6) is 0. The van der Waals surface area contributed by atoms with E-state index in [1.807, 2.05) is 42.7 Å². The molecule has 0 aliphatic heterocycles. The van der Waals surface area contributed by atoms with Gasteiger partial charge in [-0.3, -0.25) is 4.98 Å². The maximum atomic E-state index is 7.48. The Labute approximate surface area is 550 Å². The van der Waals surface area contributed by atoms with Crippen LogP contribution in [0.2, 0.25) is 0 Å². The van der Waals surface area contributed by atoms with Crippen molar-refractivity contribution in [2.75, 3.05) is 0 Å². The molecule has 0 saturated carbocycles. The average Bonchev–Trinajstić information content (AvgIpc) is 1.03.